The summed E-state index contributed by atoms with van der Waals surface area (Å²) in [5.74, 6) is -1.65. The summed E-state index contributed by atoms with van der Waals surface area (Å²) in [6.07, 6.45) is 1.61. The number of carbonyl (C=O) groups is 1. The van der Waals surface area contributed by atoms with E-state index in [0.29, 0.717) is 30.4 Å². The fraction of sp³-hybridized carbons (Fsp3) is 0.500. The second-order valence-corrected chi connectivity index (χ2v) is 7.16. The van der Waals surface area contributed by atoms with E-state index in [9.17, 15) is 22.7 Å². The Labute approximate surface area is 123 Å². The number of piperidine rings is 1. The van der Waals surface area contributed by atoms with Crippen molar-refractivity contribution in [2.45, 2.75) is 44.0 Å². The van der Waals surface area contributed by atoms with E-state index in [4.69, 9.17) is 0 Å². The number of rotatable bonds is 3. The van der Waals surface area contributed by atoms with Gasteiger partial charge < -0.3 is 5.11 Å². The number of halogens is 1. The fourth-order valence-corrected chi connectivity index (χ4v) is 4.93. The van der Waals surface area contributed by atoms with Gasteiger partial charge in [0.2, 0.25) is 10.0 Å². The molecule has 1 aliphatic rings. The summed E-state index contributed by atoms with van der Waals surface area (Å²) < 4.78 is 40.0. The lowest BCUT2D eigenvalue weighted by Crippen LogP contribution is -2.48. The second-order valence-electron chi connectivity index (χ2n) is 5.33. The molecular formula is C14H18FNO4S. The third-order valence-corrected chi connectivity index (χ3v) is 5.94. The molecule has 1 aromatic rings. The van der Waals surface area contributed by atoms with Crippen molar-refractivity contribution >= 4 is 16.0 Å². The van der Waals surface area contributed by atoms with Crippen LogP contribution in [-0.4, -0.2) is 36.4 Å². The van der Waals surface area contributed by atoms with E-state index in [1.54, 1.807) is 0 Å². The minimum atomic E-state index is -3.95. The number of carboxylic acid groups (broad SMARTS) is 1. The van der Waals surface area contributed by atoms with Crippen LogP contribution in [0.2, 0.25) is 0 Å². The van der Waals surface area contributed by atoms with Gasteiger partial charge in [0.25, 0.3) is 0 Å². The third kappa shape index (κ3) is 2.94. The Balaban J connectivity index is 2.53. The van der Waals surface area contributed by atoms with Gasteiger partial charge in [-0.3, -0.25) is 4.79 Å². The van der Waals surface area contributed by atoms with Gasteiger partial charge in [0, 0.05) is 6.54 Å². The van der Waals surface area contributed by atoms with Gasteiger partial charge in [-0.2, -0.15) is 4.31 Å². The first kappa shape index (κ1) is 15.9. The lowest BCUT2D eigenvalue weighted by molar-refractivity contribution is -0.142. The van der Waals surface area contributed by atoms with Crippen LogP contribution >= 0.6 is 0 Å². The van der Waals surface area contributed by atoms with Gasteiger partial charge >= 0.3 is 5.97 Å². The van der Waals surface area contributed by atoms with Crippen LogP contribution in [-0.2, 0) is 14.8 Å². The van der Waals surface area contributed by atoms with Gasteiger partial charge in [0.15, 0.2) is 0 Å². The van der Waals surface area contributed by atoms with Gasteiger partial charge in [0.05, 0.1) is 4.90 Å². The van der Waals surface area contributed by atoms with E-state index in [0.717, 1.165) is 16.4 Å². The minimum absolute atomic E-state index is 0.0112. The number of aryl methyl sites for hydroxylation is 2. The Morgan fingerprint density at radius 3 is 2.38 bits per heavy atom. The summed E-state index contributed by atoms with van der Waals surface area (Å²) in [5.41, 5.74) is 0.587. The minimum Gasteiger partial charge on any atom is -0.480 e. The van der Waals surface area contributed by atoms with Crippen LogP contribution in [0.4, 0.5) is 4.39 Å². The van der Waals surface area contributed by atoms with Crippen LogP contribution in [0.15, 0.2) is 17.0 Å². The highest BCUT2D eigenvalue weighted by atomic mass is 32.2. The van der Waals surface area contributed by atoms with Gasteiger partial charge in [0.1, 0.15) is 11.9 Å². The predicted molar refractivity (Wildman–Crippen MR) is 75.0 cm³/mol. The lowest BCUT2D eigenvalue weighted by Gasteiger charge is -2.32. The molecule has 0 amide bonds. The Bertz CT molecular complexity index is 649. The second kappa shape index (κ2) is 5.73. The molecule has 1 heterocycles. The molecule has 1 aromatic carbocycles. The van der Waals surface area contributed by atoms with Gasteiger partial charge in [-0.1, -0.05) is 0 Å². The van der Waals surface area contributed by atoms with Crippen molar-refractivity contribution in [3.8, 4) is 0 Å². The largest absolute Gasteiger partial charge is 0.480 e. The molecule has 116 valence electrons. The number of aliphatic carboxylic acids is 1. The monoisotopic (exact) mass is 315 g/mol. The van der Waals surface area contributed by atoms with Crippen molar-refractivity contribution in [3.63, 3.8) is 0 Å². The first-order valence-corrected chi connectivity index (χ1v) is 8.20. The molecule has 0 unspecified atom stereocenters. The summed E-state index contributed by atoms with van der Waals surface area (Å²) in [4.78, 5) is 11.3. The molecule has 1 atom stereocenters. The zero-order valence-electron chi connectivity index (χ0n) is 12.0. The highest BCUT2D eigenvalue weighted by Crippen LogP contribution is 2.29. The molecule has 7 heteroatoms. The van der Waals surface area contributed by atoms with Crippen LogP contribution in [0.1, 0.15) is 30.4 Å². The van der Waals surface area contributed by atoms with E-state index in [1.165, 1.54) is 13.8 Å². The lowest BCUT2D eigenvalue weighted by atomic mass is 10.1. The normalized spacial score (nSPS) is 20.4. The van der Waals surface area contributed by atoms with Gasteiger partial charge in [-0.05, 0) is 56.4 Å². The average Bonchev–Trinajstić information content (AvgIpc) is 2.37. The third-order valence-electron chi connectivity index (χ3n) is 3.73. The zero-order chi connectivity index (χ0) is 15.8. The van der Waals surface area contributed by atoms with Crippen LogP contribution in [0.5, 0.6) is 0 Å². The smallest absolute Gasteiger partial charge is 0.322 e. The van der Waals surface area contributed by atoms with Crippen LogP contribution in [0.25, 0.3) is 0 Å². The first-order valence-electron chi connectivity index (χ1n) is 6.76. The SMILES string of the molecule is Cc1cc(F)cc(C)c1S(=O)(=O)N1CCCC[C@@H]1C(=O)O. The number of nitrogens with zero attached hydrogens (tertiary/aromatic N) is 1. The summed E-state index contributed by atoms with van der Waals surface area (Å²) in [5, 5.41) is 9.24. The van der Waals surface area contributed by atoms with E-state index >= 15 is 0 Å². The van der Waals surface area contributed by atoms with Crippen molar-refractivity contribution in [2.24, 2.45) is 0 Å². The zero-order valence-corrected chi connectivity index (χ0v) is 12.8. The topological polar surface area (TPSA) is 74.7 Å². The number of hydrogen-bond acceptors (Lipinski definition) is 3. The van der Waals surface area contributed by atoms with Crippen LogP contribution < -0.4 is 0 Å². The van der Waals surface area contributed by atoms with Gasteiger partial charge in [-0.25, -0.2) is 12.8 Å². The molecule has 2 rings (SSSR count). The van der Waals surface area contributed by atoms with Crippen molar-refractivity contribution < 1.29 is 22.7 Å². The Kier molecular flexibility index (Phi) is 4.34. The van der Waals surface area contributed by atoms with Crippen molar-refractivity contribution in [1.29, 1.82) is 0 Å². The quantitative estimate of drug-likeness (QED) is 0.926. The molecule has 0 saturated carbocycles. The maximum Gasteiger partial charge on any atom is 0.322 e. The van der Waals surface area contributed by atoms with E-state index in [2.05, 4.69) is 0 Å². The molecule has 0 radical (unpaired) electrons. The summed E-state index contributed by atoms with van der Waals surface area (Å²) in [7, 11) is -3.95. The highest BCUT2D eigenvalue weighted by Gasteiger charge is 2.38. The number of benzene rings is 1. The molecule has 0 spiro atoms. The number of hydrogen-bond donors (Lipinski definition) is 1. The first-order chi connectivity index (χ1) is 9.75. The average molecular weight is 315 g/mol. The Hall–Kier alpha value is -1.47. The molecule has 1 aliphatic heterocycles. The van der Waals surface area contributed by atoms with E-state index in [1.807, 2.05) is 0 Å². The van der Waals surface area contributed by atoms with Crippen molar-refractivity contribution in [2.75, 3.05) is 6.54 Å². The molecule has 1 saturated heterocycles. The molecular weight excluding hydrogens is 297 g/mol. The molecule has 0 bridgehead atoms. The van der Waals surface area contributed by atoms with Gasteiger partial charge in [-0.15, -0.1) is 0 Å². The molecule has 1 N–H and O–H groups in total. The molecule has 1 fully saturated rings. The molecule has 0 aromatic heterocycles. The number of sulfonamides is 1. The van der Waals surface area contributed by atoms with E-state index < -0.39 is 27.9 Å². The fourth-order valence-electron chi connectivity index (χ4n) is 2.86. The highest BCUT2D eigenvalue weighted by molar-refractivity contribution is 7.89. The maximum atomic E-state index is 13.3. The Morgan fingerprint density at radius 2 is 1.86 bits per heavy atom. The number of carboxylic acids is 1. The standard InChI is InChI=1S/C14H18FNO4S/c1-9-7-11(15)8-10(2)13(9)21(19,20)16-6-4-3-5-12(16)14(17)18/h7-8,12H,3-6H2,1-2H3,(H,17,18)/t12-/m1/s1. The van der Waals surface area contributed by atoms with Crippen molar-refractivity contribution in [3.05, 3.63) is 29.1 Å². The predicted octanol–water partition coefficient (Wildman–Crippen LogP) is 2.07. The molecule has 0 aliphatic carbocycles. The maximum absolute atomic E-state index is 13.3. The summed E-state index contributed by atoms with van der Waals surface area (Å²) >= 11 is 0. The summed E-state index contributed by atoms with van der Waals surface area (Å²) in [6, 6.07) is 1.26. The van der Waals surface area contributed by atoms with Crippen LogP contribution in [0.3, 0.4) is 0 Å². The van der Waals surface area contributed by atoms with Crippen molar-refractivity contribution in [1.82, 2.24) is 4.31 Å². The summed E-state index contributed by atoms with van der Waals surface area (Å²) in [6.45, 7) is 3.21. The van der Waals surface area contributed by atoms with Crippen LogP contribution in [0, 0.1) is 19.7 Å². The molecule has 21 heavy (non-hydrogen) atoms. The molecule has 5 nitrogen and oxygen atoms in total. The van der Waals surface area contributed by atoms with E-state index in [-0.39, 0.29) is 11.4 Å². The Morgan fingerprint density at radius 1 is 1.29 bits per heavy atom.